The van der Waals surface area contributed by atoms with Crippen LogP contribution in [0.2, 0.25) is 0 Å². The third-order valence-corrected chi connectivity index (χ3v) is 22.4. The van der Waals surface area contributed by atoms with Gasteiger partial charge in [-0.15, -0.1) is 0 Å². The lowest BCUT2D eigenvalue weighted by Crippen LogP contribution is -2.75. The topological polar surface area (TPSA) is 74.6 Å². The highest BCUT2D eigenvalue weighted by atomic mass is 28.3. The Morgan fingerprint density at radius 3 is 0.750 bits per heavy atom. The Kier molecular flexibility index (Phi) is 10.5. The molecule has 0 saturated heterocycles. The van der Waals surface area contributed by atoms with Crippen molar-refractivity contribution in [2.75, 3.05) is 0 Å². The second-order valence-corrected chi connectivity index (χ2v) is 23.6. The predicted octanol–water partition coefficient (Wildman–Crippen LogP) is 7.81. The Bertz CT molecular complexity index is 2890. The van der Waals surface area contributed by atoms with Gasteiger partial charge in [-0.3, -0.25) is 0 Å². The average Bonchev–Trinajstić information content (AvgIpc) is 3.35. The van der Waals surface area contributed by atoms with Crippen LogP contribution in [-0.2, 0) is 0 Å². The summed E-state index contributed by atoms with van der Waals surface area (Å²) in [6.45, 7) is 0. The Morgan fingerprint density at radius 2 is 0.516 bits per heavy atom. The van der Waals surface area contributed by atoms with Crippen LogP contribution in [0.25, 0.3) is 32.7 Å². The molecule has 0 unspecified atom stereocenters. The molecule has 0 spiro atoms. The smallest absolute Gasteiger partial charge is 0.336 e. The highest BCUT2D eigenvalue weighted by Crippen LogP contribution is 2.40. The molecule has 64 heavy (non-hydrogen) atoms. The molecule has 0 radical (unpaired) electrons. The Labute approximate surface area is 374 Å². The van der Waals surface area contributed by atoms with Crippen LogP contribution < -0.4 is 41.5 Å². The van der Waals surface area contributed by atoms with Gasteiger partial charge in [-0.1, -0.05) is 243 Å². The minimum Gasteiger partial charge on any atom is -0.478 e. The van der Waals surface area contributed by atoms with Gasteiger partial charge in [0, 0.05) is 11.1 Å². The summed E-state index contributed by atoms with van der Waals surface area (Å²) in [5, 5.41) is 34.6. The standard InChI is InChI=1S/C58H42O4Si2/c59-57(60)55-51(63(43-25-7-1-8-26-43,44-27-9-2-10-28-44)45-29-11-3-12-30-45)39-41-23-19-21-37-49(41)53(55)54-50-38-22-20-24-42(50)40-52(56(54)58(61)62)64(46-31-13-4-14-32-46,47-33-15-5-16-34-47)48-35-17-6-18-36-48/h1-40H,(H,59,60)(H,61,62). The summed E-state index contributed by atoms with van der Waals surface area (Å²) >= 11 is 0. The van der Waals surface area contributed by atoms with Gasteiger partial charge in [0.2, 0.25) is 0 Å². The normalized spacial score (nSPS) is 11.7. The minimum absolute atomic E-state index is 0.0955. The Morgan fingerprint density at radius 1 is 0.297 bits per heavy atom. The first kappa shape index (κ1) is 40.2. The third kappa shape index (κ3) is 6.42. The SMILES string of the molecule is O=C(O)c1c([Si](c2ccccc2)(c2ccccc2)c2ccccc2)cc2ccccc2c1-c1c(C(=O)O)c([Si](c2ccccc2)(c2ccccc2)c2ccccc2)cc2ccccc12. The van der Waals surface area contributed by atoms with Crippen LogP contribution in [0.3, 0.4) is 0 Å². The van der Waals surface area contributed by atoms with Crippen molar-refractivity contribution in [3.05, 3.63) is 254 Å². The fourth-order valence-corrected chi connectivity index (χ4v) is 20.3. The molecular weight excluding hydrogens is 817 g/mol. The van der Waals surface area contributed by atoms with Crippen molar-refractivity contribution in [3.8, 4) is 11.1 Å². The lowest BCUT2D eigenvalue weighted by Gasteiger charge is -2.37. The summed E-state index contributed by atoms with van der Waals surface area (Å²) in [5.74, 6) is -2.25. The lowest BCUT2D eigenvalue weighted by molar-refractivity contribution is 0.0686. The van der Waals surface area contributed by atoms with Crippen molar-refractivity contribution in [1.29, 1.82) is 0 Å². The van der Waals surface area contributed by atoms with E-state index in [4.69, 9.17) is 0 Å². The van der Waals surface area contributed by atoms with E-state index in [0.717, 1.165) is 41.9 Å². The molecule has 0 amide bonds. The Hall–Kier alpha value is -7.91. The van der Waals surface area contributed by atoms with E-state index in [1.807, 2.05) is 158 Å². The van der Waals surface area contributed by atoms with Crippen LogP contribution in [0.4, 0.5) is 0 Å². The minimum atomic E-state index is -3.53. The molecule has 4 nitrogen and oxygen atoms in total. The largest absolute Gasteiger partial charge is 0.478 e. The maximum Gasteiger partial charge on any atom is 0.336 e. The van der Waals surface area contributed by atoms with Gasteiger partial charge in [-0.2, -0.15) is 0 Å². The third-order valence-electron chi connectivity index (χ3n) is 12.8. The van der Waals surface area contributed by atoms with E-state index in [1.165, 1.54) is 0 Å². The zero-order valence-electron chi connectivity index (χ0n) is 34.8. The zero-order chi connectivity index (χ0) is 43.7. The van der Waals surface area contributed by atoms with Crippen molar-refractivity contribution < 1.29 is 19.8 Å². The zero-order valence-corrected chi connectivity index (χ0v) is 36.8. The summed E-state index contributed by atoms with van der Waals surface area (Å²) in [4.78, 5) is 29.7. The van der Waals surface area contributed by atoms with E-state index >= 15 is 0 Å². The number of fused-ring (bicyclic) bond motifs is 2. The molecule has 6 heteroatoms. The molecule has 0 fully saturated rings. The van der Waals surface area contributed by atoms with Gasteiger partial charge >= 0.3 is 11.9 Å². The molecule has 0 atom stereocenters. The van der Waals surface area contributed by atoms with E-state index in [9.17, 15) is 19.8 Å². The maximum absolute atomic E-state index is 14.8. The fraction of sp³-hybridized carbons (Fsp3) is 0. The van der Waals surface area contributed by atoms with E-state index in [1.54, 1.807) is 0 Å². The molecule has 2 N–H and O–H groups in total. The number of hydrogen-bond donors (Lipinski definition) is 2. The molecule has 0 saturated carbocycles. The first-order chi connectivity index (χ1) is 31.5. The molecule has 306 valence electrons. The molecule has 10 rings (SSSR count). The molecule has 10 aromatic carbocycles. The fourth-order valence-electron chi connectivity index (χ4n) is 10.3. The van der Waals surface area contributed by atoms with Crippen molar-refractivity contribution in [3.63, 3.8) is 0 Å². The van der Waals surface area contributed by atoms with Crippen molar-refractivity contribution in [2.45, 2.75) is 0 Å². The predicted molar refractivity (Wildman–Crippen MR) is 268 cm³/mol. The summed E-state index contributed by atoms with van der Waals surface area (Å²) in [6, 6.07) is 81.4. The van der Waals surface area contributed by atoms with Crippen molar-refractivity contribution >= 4 is 91.1 Å². The van der Waals surface area contributed by atoms with Gasteiger partial charge in [0.05, 0.1) is 11.1 Å². The van der Waals surface area contributed by atoms with Crippen LogP contribution in [0.15, 0.2) is 243 Å². The lowest BCUT2D eigenvalue weighted by atomic mass is 9.86. The van der Waals surface area contributed by atoms with Crippen LogP contribution in [0.5, 0.6) is 0 Å². The number of aromatic carboxylic acids is 2. The van der Waals surface area contributed by atoms with E-state index < -0.39 is 28.1 Å². The van der Waals surface area contributed by atoms with E-state index in [2.05, 4.69) is 84.9 Å². The first-order valence-electron chi connectivity index (χ1n) is 21.4. The van der Waals surface area contributed by atoms with Gasteiger partial charge in [0.25, 0.3) is 0 Å². The highest BCUT2D eigenvalue weighted by molar-refractivity contribution is 7.21. The molecule has 0 aliphatic rings. The molecule has 0 aliphatic heterocycles. The summed E-state index contributed by atoms with van der Waals surface area (Å²) in [6.07, 6.45) is 0. The summed E-state index contributed by atoms with van der Waals surface area (Å²) in [7, 11) is -7.06. The second kappa shape index (κ2) is 16.8. The van der Waals surface area contributed by atoms with Gasteiger partial charge in [0.1, 0.15) is 0 Å². The van der Waals surface area contributed by atoms with Crippen LogP contribution >= 0.6 is 0 Å². The number of rotatable bonds is 11. The van der Waals surface area contributed by atoms with Gasteiger partial charge in [-0.25, -0.2) is 9.59 Å². The van der Waals surface area contributed by atoms with Gasteiger partial charge < -0.3 is 10.2 Å². The quantitative estimate of drug-likeness (QED) is 0.103. The molecule has 0 heterocycles. The first-order valence-corrected chi connectivity index (χ1v) is 25.4. The van der Waals surface area contributed by atoms with Gasteiger partial charge in [0.15, 0.2) is 16.1 Å². The highest BCUT2D eigenvalue weighted by Gasteiger charge is 2.48. The van der Waals surface area contributed by atoms with E-state index in [0.29, 0.717) is 32.3 Å². The van der Waals surface area contributed by atoms with Crippen molar-refractivity contribution in [2.24, 2.45) is 0 Å². The number of carbonyl (C=O) groups is 2. The number of benzene rings is 10. The van der Waals surface area contributed by atoms with Crippen molar-refractivity contribution in [1.82, 2.24) is 0 Å². The summed E-state index contributed by atoms with van der Waals surface area (Å²) in [5.41, 5.74) is 0.983. The second-order valence-electron chi connectivity index (χ2n) is 16.1. The van der Waals surface area contributed by atoms with Crippen LogP contribution in [-0.4, -0.2) is 38.3 Å². The number of carboxylic acid groups (broad SMARTS) is 2. The van der Waals surface area contributed by atoms with Gasteiger partial charge in [-0.05, 0) is 63.0 Å². The molecular formula is C58H42O4Si2. The molecule has 10 aromatic rings. The molecule has 0 bridgehead atoms. The van der Waals surface area contributed by atoms with Crippen LogP contribution in [0, 0.1) is 0 Å². The number of hydrogen-bond acceptors (Lipinski definition) is 2. The molecule has 0 aliphatic carbocycles. The number of carboxylic acids is 2. The maximum atomic E-state index is 14.8. The average molecular weight is 859 g/mol. The van der Waals surface area contributed by atoms with E-state index in [-0.39, 0.29) is 11.1 Å². The van der Waals surface area contributed by atoms with Crippen LogP contribution in [0.1, 0.15) is 20.7 Å². The Balaban J connectivity index is 1.48. The monoisotopic (exact) mass is 858 g/mol. The molecule has 0 aromatic heterocycles. The summed E-state index contributed by atoms with van der Waals surface area (Å²) < 4.78 is 0.